The third kappa shape index (κ3) is 6.76. The maximum absolute atomic E-state index is 11.7. The summed E-state index contributed by atoms with van der Waals surface area (Å²) in [4.78, 5) is 34.2. The smallest absolute Gasteiger partial charge is 0.302 e. The Balaban J connectivity index is 1.36. The molecule has 0 radical (unpaired) electrons. The first-order chi connectivity index (χ1) is 17.4. The molecule has 3 aromatic rings. The summed E-state index contributed by atoms with van der Waals surface area (Å²) < 4.78 is 16.5. The van der Waals surface area contributed by atoms with E-state index in [9.17, 15) is 14.4 Å². The second-order valence-electron chi connectivity index (χ2n) is 8.08. The largest absolute Gasteiger partial charge is 0.490 e. The zero-order valence-corrected chi connectivity index (χ0v) is 20.7. The third-order valence-corrected chi connectivity index (χ3v) is 6.13. The number of rotatable bonds is 9. The van der Waals surface area contributed by atoms with Gasteiger partial charge in [0.1, 0.15) is 31.3 Å². The van der Waals surface area contributed by atoms with E-state index < -0.39 is 0 Å². The first-order valence-corrected chi connectivity index (χ1v) is 12.1. The number of benzene rings is 3. The van der Waals surface area contributed by atoms with Crippen LogP contribution in [0, 0.1) is 6.92 Å². The van der Waals surface area contributed by atoms with Crippen molar-refractivity contribution in [3.63, 3.8) is 0 Å². The topological polar surface area (TPSA) is 90.9 Å². The van der Waals surface area contributed by atoms with Gasteiger partial charge >= 0.3 is 5.97 Å². The van der Waals surface area contributed by atoms with Crippen LogP contribution in [0.15, 0.2) is 71.6 Å². The number of imide groups is 1. The number of hydrogen-bond acceptors (Lipinski definition) is 7. The summed E-state index contributed by atoms with van der Waals surface area (Å²) in [7, 11) is 0. The molecule has 1 saturated heterocycles. The SMILES string of the molecule is CC(=O)OCCOc1ccc(-c2cccc(COc3ccc(/C=C4\SC(=O)NC4=O)cc3)c2)c(C)c1. The Bertz CT molecular complexity index is 1320. The highest BCUT2D eigenvalue weighted by atomic mass is 32.2. The molecule has 1 aliphatic heterocycles. The van der Waals surface area contributed by atoms with Crippen molar-refractivity contribution in [3.8, 4) is 22.6 Å². The molecule has 1 fully saturated rings. The lowest BCUT2D eigenvalue weighted by atomic mass is 9.99. The van der Waals surface area contributed by atoms with Crippen molar-refractivity contribution in [3.05, 3.63) is 88.3 Å². The van der Waals surface area contributed by atoms with Gasteiger partial charge in [-0.3, -0.25) is 19.7 Å². The zero-order valence-electron chi connectivity index (χ0n) is 19.9. The lowest BCUT2D eigenvalue weighted by Gasteiger charge is -2.12. The summed E-state index contributed by atoms with van der Waals surface area (Å²) in [6, 6.07) is 21.4. The van der Waals surface area contributed by atoms with Crippen molar-refractivity contribution in [1.82, 2.24) is 5.32 Å². The summed E-state index contributed by atoms with van der Waals surface area (Å²) >= 11 is 0.894. The molecule has 1 aliphatic rings. The fourth-order valence-corrected chi connectivity index (χ4v) is 4.30. The van der Waals surface area contributed by atoms with Crippen LogP contribution < -0.4 is 14.8 Å². The van der Waals surface area contributed by atoms with Crippen molar-refractivity contribution >= 4 is 35.0 Å². The summed E-state index contributed by atoms with van der Waals surface area (Å²) in [5.74, 6) is 0.729. The third-order valence-electron chi connectivity index (χ3n) is 5.32. The second kappa shape index (κ2) is 11.6. The molecule has 184 valence electrons. The maximum atomic E-state index is 11.7. The van der Waals surface area contributed by atoms with E-state index in [4.69, 9.17) is 14.2 Å². The average molecular weight is 504 g/mol. The molecule has 0 aromatic heterocycles. The molecule has 1 heterocycles. The van der Waals surface area contributed by atoms with Gasteiger partial charge in [0.05, 0.1) is 4.91 Å². The Morgan fingerprint density at radius 3 is 2.42 bits per heavy atom. The highest BCUT2D eigenvalue weighted by molar-refractivity contribution is 8.18. The quantitative estimate of drug-likeness (QED) is 0.234. The fourth-order valence-electron chi connectivity index (χ4n) is 3.62. The molecule has 36 heavy (non-hydrogen) atoms. The Morgan fingerprint density at radius 1 is 0.944 bits per heavy atom. The van der Waals surface area contributed by atoms with Crippen LogP contribution in [-0.4, -0.2) is 30.3 Å². The molecule has 0 aliphatic carbocycles. The summed E-state index contributed by atoms with van der Waals surface area (Å²) in [6.07, 6.45) is 1.68. The van der Waals surface area contributed by atoms with Gasteiger partial charge in [-0.25, -0.2) is 0 Å². The van der Waals surface area contributed by atoms with Crippen molar-refractivity contribution in [2.24, 2.45) is 0 Å². The minimum atomic E-state index is -0.373. The van der Waals surface area contributed by atoms with Gasteiger partial charge in [-0.05, 0) is 82.9 Å². The van der Waals surface area contributed by atoms with E-state index in [2.05, 4.69) is 17.4 Å². The van der Waals surface area contributed by atoms with Crippen LogP contribution in [0.2, 0.25) is 0 Å². The molecule has 1 N–H and O–H groups in total. The van der Waals surface area contributed by atoms with Crippen LogP contribution in [-0.2, 0) is 20.9 Å². The van der Waals surface area contributed by atoms with E-state index >= 15 is 0 Å². The molecule has 3 aromatic carbocycles. The van der Waals surface area contributed by atoms with E-state index in [0.717, 1.165) is 45.3 Å². The summed E-state index contributed by atoms with van der Waals surface area (Å²) in [5.41, 5.74) is 5.07. The van der Waals surface area contributed by atoms with Gasteiger partial charge in [-0.15, -0.1) is 0 Å². The van der Waals surface area contributed by atoms with E-state index in [0.29, 0.717) is 23.9 Å². The highest BCUT2D eigenvalue weighted by Crippen LogP contribution is 2.29. The van der Waals surface area contributed by atoms with E-state index in [1.165, 1.54) is 6.92 Å². The van der Waals surface area contributed by atoms with Crippen molar-refractivity contribution in [2.45, 2.75) is 20.5 Å². The van der Waals surface area contributed by atoms with Gasteiger partial charge in [-0.1, -0.05) is 36.4 Å². The Kier molecular flexibility index (Phi) is 8.07. The van der Waals surface area contributed by atoms with Gasteiger partial charge in [0, 0.05) is 6.92 Å². The highest BCUT2D eigenvalue weighted by Gasteiger charge is 2.24. The predicted octanol–water partition coefficient (Wildman–Crippen LogP) is 5.51. The standard InChI is InChI=1S/C28H25NO6S/c1-18-14-24(34-13-12-33-19(2)30)10-11-25(18)22-5-3-4-21(15-22)17-35-23-8-6-20(7-9-23)16-26-27(31)29-28(32)36-26/h3-11,14-16H,12-13,17H2,1-2H3,(H,29,31,32)/b26-16-. The minimum absolute atomic E-state index is 0.218. The van der Waals surface area contributed by atoms with Crippen LogP contribution in [0.5, 0.6) is 11.5 Å². The van der Waals surface area contributed by atoms with Gasteiger partial charge < -0.3 is 14.2 Å². The van der Waals surface area contributed by atoms with Gasteiger partial charge in [-0.2, -0.15) is 0 Å². The average Bonchev–Trinajstić information content (AvgIpc) is 3.17. The first kappa shape index (κ1) is 25.1. The lowest BCUT2D eigenvalue weighted by molar-refractivity contribution is -0.141. The predicted molar refractivity (Wildman–Crippen MR) is 139 cm³/mol. The minimum Gasteiger partial charge on any atom is -0.490 e. The molecule has 2 amide bonds. The van der Waals surface area contributed by atoms with Crippen LogP contribution in [0.4, 0.5) is 4.79 Å². The van der Waals surface area contributed by atoms with Crippen LogP contribution in [0.1, 0.15) is 23.6 Å². The van der Waals surface area contributed by atoms with E-state index in [1.807, 2.05) is 61.5 Å². The molecule has 0 saturated carbocycles. The molecule has 4 rings (SSSR count). The van der Waals surface area contributed by atoms with Gasteiger partial charge in [0.25, 0.3) is 11.1 Å². The number of ether oxygens (including phenoxy) is 3. The Morgan fingerprint density at radius 2 is 1.72 bits per heavy atom. The van der Waals surface area contributed by atoms with Gasteiger partial charge in [0.15, 0.2) is 0 Å². The second-order valence-corrected chi connectivity index (χ2v) is 9.09. The summed E-state index contributed by atoms with van der Waals surface area (Å²) in [5, 5.41) is 1.89. The zero-order chi connectivity index (χ0) is 25.5. The number of carbonyl (C=O) groups excluding carboxylic acids is 3. The number of aryl methyl sites for hydroxylation is 1. The molecule has 0 bridgehead atoms. The molecule has 0 unspecified atom stereocenters. The molecule has 8 heteroatoms. The van der Waals surface area contributed by atoms with Crippen molar-refractivity contribution in [1.29, 1.82) is 0 Å². The number of carbonyl (C=O) groups is 3. The van der Waals surface area contributed by atoms with Crippen LogP contribution in [0.3, 0.4) is 0 Å². The fraction of sp³-hybridized carbons (Fsp3) is 0.179. The van der Waals surface area contributed by atoms with Crippen LogP contribution >= 0.6 is 11.8 Å². The maximum Gasteiger partial charge on any atom is 0.302 e. The summed E-state index contributed by atoms with van der Waals surface area (Å²) in [6.45, 7) is 4.32. The number of hydrogen-bond donors (Lipinski definition) is 1. The normalized spacial score (nSPS) is 14.0. The lowest BCUT2D eigenvalue weighted by Crippen LogP contribution is -2.17. The number of thioether (sulfide) groups is 1. The molecular weight excluding hydrogens is 478 g/mol. The number of nitrogens with one attached hydrogen (secondary N) is 1. The van der Waals surface area contributed by atoms with E-state index in [1.54, 1.807) is 6.08 Å². The Hall–Kier alpha value is -4.04. The number of esters is 1. The first-order valence-electron chi connectivity index (χ1n) is 11.3. The van der Waals surface area contributed by atoms with Crippen molar-refractivity contribution in [2.75, 3.05) is 13.2 Å². The molecule has 7 nitrogen and oxygen atoms in total. The molecule has 0 spiro atoms. The monoisotopic (exact) mass is 503 g/mol. The number of amides is 2. The molecular formula is C28H25NO6S. The van der Waals surface area contributed by atoms with E-state index in [-0.39, 0.29) is 23.7 Å². The van der Waals surface area contributed by atoms with Crippen LogP contribution in [0.25, 0.3) is 17.2 Å². The van der Waals surface area contributed by atoms with Crippen molar-refractivity contribution < 1.29 is 28.6 Å². The van der Waals surface area contributed by atoms with Gasteiger partial charge in [0.2, 0.25) is 0 Å². The molecule has 0 atom stereocenters. The Labute approximate surface area is 213 Å².